The summed E-state index contributed by atoms with van der Waals surface area (Å²) in [7, 11) is 0. The number of hydrogen-bond acceptors (Lipinski definition) is 5. The van der Waals surface area contributed by atoms with Crippen LogP contribution in [0.1, 0.15) is 17.3 Å². The zero-order valence-electron chi connectivity index (χ0n) is 10.1. The molecule has 1 fully saturated rings. The average Bonchev–Trinajstić information content (AvgIpc) is 2.69. The predicted molar refractivity (Wildman–Crippen MR) is 69.3 cm³/mol. The molecule has 0 saturated carbocycles. The lowest BCUT2D eigenvalue weighted by Gasteiger charge is -2.25. The number of carboxylic acid groups (broad SMARTS) is 1. The van der Waals surface area contributed by atoms with Crippen LogP contribution >= 0.6 is 11.8 Å². The van der Waals surface area contributed by atoms with E-state index in [1.807, 2.05) is 0 Å². The smallest absolute Gasteiger partial charge is 0.327 e. The van der Waals surface area contributed by atoms with E-state index in [9.17, 15) is 19.8 Å². The molecule has 2 atom stereocenters. The first kappa shape index (κ1) is 13.5. The summed E-state index contributed by atoms with van der Waals surface area (Å²) in [5.74, 6) is -1.73. The fourth-order valence-electron chi connectivity index (χ4n) is 2.01. The molecule has 102 valence electrons. The third-order valence-corrected chi connectivity index (χ3v) is 4.11. The third-order valence-electron chi connectivity index (χ3n) is 2.89. The van der Waals surface area contributed by atoms with Gasteiger partial charge in [-0.1, -0.05) is 0 Å². The maximum atomic E-state index is 12.3. The van der Waals surface area contributed by atoms with Crippen LogP contribution in [0.5, 0.6) is 11.5 Å². The molecule has 2 unspecified atom stereocenters. The van der Waals surface area contributed by atoms with Gasteiger partial charge in [-0.3, -0.25) is 4.79 Å². The quantitative estimate of drug-likeness (QED) is 0.751. The van der Waals surface area contributed by atoms with Crippen molar-refractivity contribution in [2.75, 3.05) is 5.75 Å². The zero-order valence-corrected chi connectivity index (χ0v) is 10.9. The molecule has 2 rings (SSSR count). The summed E-state index contributed by atoms with van der Waals surface area (Å²) in [4.78, 5) is 24.7. The van der Waals surface area contributed by atoms with Crippen molar-refractivity contribution in [3.05, 3.63) is 23.8 Å². The topological polar surface area (TPSA) is 98.1 Å². The Morgan fingerprint density at radius 1 is 1.26 bits per heavy atom. The minimum Gasteiger partial charge on any atom is -0.508 e. The minimum absolute atomic E-state index is 0.0677. The Balaban J connectivity index is 2.34. The molecule has 1 saturated heterocycles. The minimum atomic E-state index is -1.06. The summed E-state index contributed by atoms with van der Waals surface area (Å²) in [5.41, 5.74) is 0.0677. The summed E-state index contributed by atoms with van der Waals surface area (Å²) < 4.78 is 0. The van der Waals surface area contributed by atoms with Gasteiger partial charge in [0, 0.05) is 17.4 Å². The second-order valence-corrected chi connectivity index (χ2v) is 5.59. The molecule has 6 nitrogen and oxygen atoms in total. The summed E-state index contributed by atoms with van der Waals surface area (Å²) in [5, 5.41) is 27.6. The molecule has 0 aromatic heterocycles. The molecular formula is C12H13NO5S. The summed E-state index contributed by atoms with van der Waals surface area (Å²) in [6.07, 6.45) is 0. The van der Waals surface area contributed by atoms with Gasteiger partial charge in [-0.2, -0.15) is 0 Å². The van der Waals surface area contributed by atoms with Gasteiger partial charge in [-0.15, -0.1) is 11.8 Å². The van der Waals surface area contributed by atoms with Gasteiger partial charge in [0.1, 0.15) is 17.5 Å². The Morgan fingerprint density at radius 2 is 1.84 bits per heavy atom. The molecule has 3 N–H and O–H groups in total. The Labute approximate surface area is 113 Å². The highest BCUT2D eigenvalue weighted by atomic mass is 32.2. The van der Waals surface area contributed by atoms with E-state index in [0.29, 0.717) is 5.75 Å². The first-order chi connectivity index (χ1) is 8.90. The van der Waals surface area contributed by atoms with Crippen LogP contribution < -0.4 is 0 Å². The van der Waals surface area contributed by atoms with Gasteiger partial charge in [0.05, 0.1) is 5.37 Å². The van der Waals surface area contributed by atoms with Crippen LogP contribution in [-0.2, 0) is 4.79 Å². The van der Waals surface area contributed by atoms with Crippen LogP contribution in [0.3, 0.4) is 0 Å². The number of phenolic OH excluding ortho intramolecular Hbond substituents is 2. The third kappa shape index (κ3) is 2.60. The lowest BCUT2D eigenvalue weighted by atomic mass is 10.1. The van der Waals surface area contributed by atoms with Crippen molar-refractivity contribution >= 4 is 23.6 Å². The molecule has 0 bridgehead atoms. The van der Waals surface area contributed by atoms with Crippen LogP contribution in [0.25, 0.3) is 0 Å². The molecule has 1 aliphatic heterocycles. The maximum absolute atomic E-state index is 12.3. The molecule has 0 radical (unpaired) electrons. The van der Waals surface area contributed by atoms with Crippen molar-refractivity contribution in [1.82, 2.24) is 4.90 Å². The first-order valence-electron chi connectivity index (χ1n) is 5.60. The van der Waals surface area contributed by atoms with Gasteiger partial charge >= 0.3 is 5.97 Å². The highest BCUT2D eigenvalue weighted by Crippen LogP contribution is 2.31. The number of carbonyl (C=O) groups is 2. The summed E-state index contributed by atoms with van der Waals surface area (Å²) >= 11 is 1.37. The highest BCUT2D eigenvalue weighted by molar-refractivity contribution is 8.00. The fraction of sp³-hybridized carbons (Fsp3) is 0.333. The molecule has 0 aliphatic carbocycles. The van der Waals surface area contributed by atoms with Crippen LogP contribution in [0, 0.1) is 0 Å². The van der Waals surface area contributed by atoms with Crippen molar-refractivity contribution in [1.29, 1.82) is 0 Å². The monoisotopic (exact) mass is 283 g/mol. The Hall–Kier alpha value is -1.89. The molecule has 1 aromatic rings. The van der Waals surface area contributed by atoms with Gasteiger partial charge in [0.25, 0.3) is 5.91 Å². The van der Waals surface area contributed by atoms with Crippen molar-refractivity contribution in [3.8, 4) is 11.5 Å². The predicted octanol–water partition coefficient (Wildman–Crippen LogP) is 1.09. The van der Waals surface area contributed by atoms with Crippen LogP contribution in [0.4, 0.5) is 0 Å². The van der Waals surface area contributed by atoms with Crippen molar-refractivity contribution in [2.45, 2.75) is 18.3 Å². The number of rotatable bonds is 2. The van der Waals surface area contributed by atoms with E-state index < -0.39 is 17.9 Å². The Morgan fingerprint density at radius 3 is 2.37 bits per heavy atom. The number of nitrogens with zero attached hydrogens (tertiary/aromatic N) is 1. The standard InChI is InChI=1S/C12H13NO5S/c1-6-13(10(5-19-6)12(17)18)11(16)7-2-8(14)4-9(15)3-7/h2-4,6,10,14-15H,5H2,1H3,(H,17,18). The number of amides is 1. The molecule has 1 aliphatic rings. The van der Waals surface area contributed by atoms with Crippen LogP contribution in [0.15, 0.2) is 18.2 Å². The Bertz CT molecular complexity index is 513. The molecule has 7 heteroatoms. The van der Waals surface area contributed by atoms with Crippen LogP contribution in [-0.4, -0.2) is 49.3 Å². The number of carbonyl (C=O) groups excluding carboxylic acids is 1. The fourth-order valence-corrected chi connectivity index (χ4v) is 3.18. The van der Waals surface area contributed by atoms with Crippen molar-refractivity contribution in [2.24, 2.45) is 0 Å². The zero-order chi connectivity index (χ0) is 14.2. The Kier molecular flexibility index (Phi) is 3.57. The second-order valence-electron chi connectivity index (χ2n) is 4.24. The van der Waals surface area contributed by atoms with Crippen molar-refractivity contribution in [3.63, 3.8) is 0 Å². The van der Waals surface area contributed by atoms with Crippen LogP contribution in [0.2, 0.25) is 0 Å². The number of benzene rings is 1. The number of hydrogen-bond donors (Lipinski definition) is 3. The van der Waals surface area contributed by atoms with E-state index in [2.05, 4.69) is 0 Å². The van der Waals surface area contributed by atoms with E-state index in [1.54, 1.807) is 6.92 Å². The largest absolute Gasteiger partial charge is 0.508 e. The van der Waals surface area contributed by atoms with Gasteiger partial charge in [0.2, 0.25) is 0 Å². The number of aliphatic carboxylic acids is 1. The molecule has 0 spiro atoms. The van der Waals surface area contributed by atoms with E-state index >= 15 is 0 Å². The van der Waals surface area contributed by atoms with E-state index in [0.717, 1.165) is 6.07 Å². The van der Waals surface area contributed by atoms with E-state index in [4.69, 9.17) is 5.11 Å². The van der Waals surface area contributed by atoms with Gasteiger partial charge in [-0.25, -0.2) is 4.79 Å². The first-order valence-corrected chi connectivity index (χ1v) is 6.65. The number of phenols is 2. The molecule has 19 heavy (non-hydrogen) atoms. The summed E-state index contributed by atoms with van der Waals surface area (Å²) in [6, 6.07) is 2.62. The number of aromatic hydroxyl groups is 2. The maximum Gasteiger partial charge on any atom is 0.327 e. The summed E-state index contributed by atoms with van der Waals surface area (Å²) in [6.45, 7) is 1.74. The highest BCUT2D eigenvalue weighted by Gasteiger charge is 2.39. The van der Waals surface area contributed by atoms with Gasteiger partial charge in [0.15, 0.2) is 0 Å². The van der Waals surface area contributed by atoms with Gasteiger partial charge in [-0.05, 0) is 19.1 Å². The second kappa shape index (κ2) is 5.00. The normalized spacial score (nSPS) is 22.5. The molecule has 1 aromatic carbocycles. The van der Waals surface area contributed by atoms with E-state index in [-0.39, 0.29) is 22.4 Å². The number of carboxylic acids is 1. The van der Waals surface area contributed by atoms with Gasteiger partial charge < -0.3 is 20.2 Å². The molecule has 1 heterocycles. The number of thioether (sulfide) groups is 1. The lowest BCUT2D eigenvalue weighted by molar-refractivity contribution is -0.141. The average molecular weight is 283 g/mol. The van der Waals surface area contributed by atoms with Crippen molar-refractivity contribution < 1.29 is 24.9 Å². The molecular weight excluding hydrogens is 270 g/mol. The lowest BCUT2D eigenvalue weighted by Crippen LogP contribution is -2.44. The SMILES string of the molecule is CC1SCC(C(=O)O)N1C(=O)c1cc(O)cc(O)c1. The molecule has 1 amide bonds. The van der Waals surface area contributed by atoms with E-state index in [1.165, 1.54) is 28.8 Å².